The van der Waals surface area contributed by atoms with Crippen LogP contribution in [-0.4, -0.2) is 42.5 Å². The number of hydrogen-bond donors (Lipinski definition) is 2. The Morgan fingerprint density at radius 2 is 2.12 bits per heavy atom. The standard InChI is InChI=1S/C13H25N3O/c1-2-11(13(14)17)16-9-3-4-12(16)10-5-7-15-8-6-10/h10-12,15H,2-9H2,1H3,(H2,14,17). The van der Waals surface area contributed by atoms with Crippen molar-refractivity contribution < 1.29 is 4.79 Å². The molecule has 0 aromatic rings. The first-order valence-electron chi connectivity index (χ1n) is 6.99. The van der Waals surface area contributed by atoms with Crippen LogP contribution < -0.4 is 11.1 Å². The Morgan fingerprint density at radius 1 is 1.41 bits per heavy atom. The summed E-state index contributed by atoms with van der Waals surface area (Å²) in [6.07, 6.45) is 5.80. The maximum Gasteiger partial charge on any atom is 0.234 e. The van der Waals surface area contributed by atoms with E-state index in [1.54, 1.807) is 0 Å². The van der Waals surface area contributed by atoms with Gasteiger partial charge >= 0.3 is 0 Å². The third kappa shape index (κ3) is 2.80. The summed E-state index contributed by atoms with van der Waals surface area (Å²) in [7, 11) is 0. The van der Waals surface area contributed by atoms with Crippen molar-refractivity contribution in [1.29, 1.82) is 0 Å². The van der Waals surface area contributed by atoms with Gasteiger partial charge in [0.15, 0.2) is 0 Å². The molecule has 2 atom stereocenters. The number of rotatable bonds is 4. The van der Waals surface area contributed by atoms with Crippen molar-refractivity contribution in [3.8, 4) is 0 Å². The summed E-state index contributed by atoms with van der Waals surface area (Å²) in [5, 5.41) is 3.41. The fourth-order valence-corrected chi connectivity index (χ4v) is 3.54. The van der Waals surface area contributed by atoms with Crippen LogP contribution >= 0.6 is 0 Å². The molecule has 0 saturated carbocycles. The monoisotopic (exact) mass is 239 g/mol. The first-order chi connectivity index (χ1) is 8.24. The van der Waals surface area contributed by atoms with E-state index in [9.17, 15) is 4.79 Å². The second-order valence-corrected chi connectivity index (χ2v) is 5.36. The summed E-state index contributed by atoms with van der Waals surface area (Å²) >= 11 is 0. The number of piperidine rings is 1. The molecular formula is C13H25N3O. The van der Waals surface area contributed by atoms with Crippen LogP contribution in [0, 0.1) is 5.92 Å². The number of carbonyl (C=O) groups excluding carboxylic acids is 1. The maximum absolute atomic E-state index is 11.5. The number of hydrogen-bond acceptors (Lipinski definition) is 3. The summed E-state index contributed by atoms with van der Waals surface area (Å²) in [6.45, 7) is 5.37. The highest BCUT2D eigenvalue weighted by Crippen LogP contribution is 2.31. The highest BCUT2D eigenvalue weighted by atomic mass is 16.1. The van der Waals surface area contributed by atoms with Crippen LogP contribution in [0.4, 0.5) is 0 Å². The molecule has 17 heavy (non-hydrogen) atoms. The van der Waals surface area contributed by atoms with Crippen molar-refractivity contribution in [2.24, 2.45) is 11.7 Å². The first-order valence-corrected chi connectivity index (χ1v) is 6.99. The molecule has 2 aliphatic heterocycles. The Balaban J connectivity index is 2.02. The fourth-order valence-electron chi connectivity index (χ4n) is 3.54. The van der Waals surface area contributed by atoms with E-state index >= 15 is 0 Å². The quantitative estimate of drug-likeness (QED) is 0.760. The van der Waals surface area contributed by atoms with E-state index in [0.29, 0.717) is 6.04 Å². The van der Waals surface area contributed by atoms with Crippen LogP contribution in [-0.2, 0) is 4.79 Å². The van der Waals surface area contributed by atoms with Crippen LogP contribution in [0.5, 0.6) is 0 Å². The maximum atomic E-state index is 11.5. The molecule has 2 aliphatic rings. The van der Waals surface area contributed by atoms with Gasteiger partial charge in [0.25, 0.3) is 0 Å². The van der Waals surface area contributed by atoms with Crippen LogP contribution in [0.25, 0.3) is 0 Å². The zero-order valence-corrected chi connectivity index (χ0v) is 10.8. The van der Waals surface area contributed by atoms with Gasteiger partial charge < -0.3 is 11.1 Å². The van der Waals surface area contributed by atoms with E-state index in [4.69, 9.17) is 5.73 Å². The van der Waals surface area contributed by atoms with Crippen LogP contribution in [0.1, 0.15) is 39.0 Å². The minimum Gasteiger partial charge on any atom is -0.368 e. The molecule has 0 bridgehead atoms. The van der Waals surface area contributed by atoms with Crippen molar-refractivity contribution in [1.82, 2.24) is 10.2 Å². The van der Waals surface area contributed by atoms with E-state index in [1.807, 2.05) is 0 Å². The molecular weight excluding hydrogens is 214 g/mol. The van der Waals surface area contributed by atoms with E-state index in [1.165, 1.54) is 25.7 Å². The van der Waals surface area contributed by atoms with Gasteiger partial charge in [-0.05, 0) is 57.7 Å². The van der Waals surface area contributed by atoms with Crippen molar-refractivity contribution in [3.63, 3.8) is 0 Å². The Morgan fingerprint density at radius 3 is 2.71 bits per heavy atom. The highest BCUT2D eigenvalue weighted by molar-refractivity contribution is 5.79. The van der Waals surface area contributed by atoms with Crippen LogP contribution in [0.15, 0.2) is 0 Å². The lowest BCUT2D eigenvalue weighted by molar-refractivity contribution is -0.124. The van der Waals surface area contributed by atoms with Gasteiger partial charge in [-0.3, -0.25) is 9.69 Å². The third-order valence-electron chi connectivity index (χ3n) is 4.39. The number of carbonyl (C=O) groups is 1. The molecule has 0 aromatic carbocycles. The highest BCUT2D eigenvalue weighted by Gasteiger charge is 2.37. The summed E-state index contributed by atoms with van der Waals surface area (Å²) in [5.41, 5.74) is 5.53. The molecule has 2 saturated heterocycles. The van der Waals surface area contributed by atoms with Gasteiger partial charge in [-0.25, -0.2) is 0 Å². The Bertz CT molecular complexity index is 263. The van der Waals surface area contributed by atoms with Crippen molar-refractivity contribution in [2.75, 3.05) is 19.6 Å². The van der Waals surface area contributed by atoms with E-state index in [2.05, 4.69) is 17.1 Å². The number of nitrogens with zero attached hydrogens (tertiary/aromatic N) is 1. The average Bonchev–Trinajstić information content (AvgIpc) is 2.80. The van der Waals surface area contributed by atoms with Crippen molar-refractivity contribution in [2.45, 2.75) is 51.1 Å². The topological polar surface area (TPSA) is 58.4 Å². The predicted octanol–water partition coefficient (Wildman–Crippen LogP) is 0.714. The van der Waals surface area contributed by atoms with Crippen LogP contribution in [0.3, 0.4) is 0 Å². The lowest BCUT2D eigenvalue weighted by atomic mass is 9.88. The Hall–Kier alpha value is -0.610. The van der Waals surface area contributed by atoms with Gasteiger partial charge in [0.2, 0.25) is 5.91 Å². The fraction of sp³-hybridized carbons (Fsp3) is 0.923. The zero-order valence-electron chi connectivity index (χ0n) is 10.8. The molecule has 2 rings (SSSR count). The van der Waals surface area contributed by atoms with Gasteiger partial charge in [-0.2, -0.15) is 0 Å². The number of nitrogens with two attached hydrogens (primary N) is 1. The van der Waals surface area contributed by atoms with E-state index < -0.39 is 0 Å². The minimum absolute atomic E-state index is 0.0441. The molecule has 98 valence electrons. The second kappa shape index (κ2) is 5.83. The number of primary amides is 1. The van der Waals surface area contributed by atoms with E-state index in [-0.39, 0.29) is 11.9 Å². The van der Waals surface area contributed by atoms with Crippen LogP contribution in [0.2, 0.25) is 0 Å². The van der Waals surface area contributed by atoms with Gasteiger partial charge in [0.1, 0.15) is 0 Å². The molecule has 0 aromatic heterocycles. The molecule has 2 fully saturated rings. The summed E-state index contributed by atoms with van der Waals surface area (Å²) < 4.78 is 0. The summed E-state index contributed by atoms with van der Waals surface area (Å²) in [5.74, 6) is 0.612. The molecule has 0 aliphatic carbocycles. The van der Waals surface area contributed by atoms with Crippen molar-refractivity contribution in [3.05, 3.63) is 0 Å². The molecule has 2 unspecified atom stereocenters. The zero-order chi connectivity index (χ0) is 12.3. The minimum atomic E-state index is -0.145. The summed E-state index contributed by atoms with van der Waals surface area (Å²) in [4.78, 5) is 13.9. The SMILES string of the molecule is CCC(C(N)=O)N1CCCC1C1CCNCC1. The Labute approximate surface area is 104 Å². The van der Waals surface area contributed by atoms with Crippen molar-refractivity contribution >= 4 is 5.91 Å². The molecule has 0 spiro atoms. The average molecular weight is 239 g/mol. The van der Waals surface area contributed by atoms with Gasteiger partial charge in [0, 0.05) is 6.04 Å². The van der Waals surface area contributed by atoms with Gasteiger partial charge in [0.05, 0.1) is 6.04 Å². The largest absolute Gasteiger partial charge is 0.368 e. The first kappa shape index (κ1) is 12.8. The number of nitrogens with one attached hydrogen (secondary N) is 1. The molecule has 0 radical (unpaired) electrons. The second-order valence-electron chi connectivity index (χ2n) is 5.36. The molecule has 1 amide bonds. The lowest BCUT2D eigenvalue weighted by Crippen LogP contribution is -2.50. The number of likely N-dealkylation sites (tertiary alicyclic amines) is 1. The number of amides is 1. The molecule has 4 nitrogen and oxygen atoms in total. The molecule has 4 heteroatoms. The summed E-state index contributed by atoms with van der Waals surface area (Å²) in [6, 6.07) is 0.548. The molecule has 2 heterocycles. The van der Waals surface area contributed by atoms with Gasteiger partial charge in [-0.1, -0.05) is 6.92 Å². The third-order valence-corrected chi connectivity index (χ3v) is 4.39. The predicted molar refractivity (Wildman–Crippen MR) is 68.6 cm³/mol. The van der Waals surface area contributed by atoms with E-state index in [0.717, 1.165) is 32.0 Å². The molecule has 3 N–H and O–H groups in total. The lowest BCUT2D eigenvalue weighted by Gasteiger charge is -2.37. The smallest absolute Gasteiger partial charge is 0.234 e. The van der Waals surface area contributed by atoms with Gasteiger partial charge in [-0.15, -0.1) is 0 Å². The Kier molecular flexibility index (Phi) is 4.40. The normalized spacial score (nSPS) is 29.4.